The van der Waals surface area contributed by atoms with E-state index in [4.69, 9.17) is 11.6 Å². The van der Waals surface area contributed by atoms with Gasteiger partial charge in [-0.2, -0.15) is 0 Å². The van der Waals surface area contributed by atoms with Gasteiger partial charge in [0.15, 0.2) is 0 Å². The number of carbonyl (C=O) groups is 1. The lowest BCUT2D eigenvalue weighted by Crippen LogP contribution is -2.45. The van der Waals surface area contributed by atoms with Crippen molar-refractivity contribution >= 4 is 17.9 Å². The number of aldehydes is 1. The van der Waals surface area contributed by atoms with Gasteiger partial charge in [-0.25, -0.2) is 0 Å². The third-order valence-electron chi connectivity index (χ3n) is 1.52. The lowest BCUT2D eigenvalue weighted by atomic mass is 10.1. The molecular formula is C5H7ClN2O5. The highest BCUT2D eigenvalue weighted by Crippen LogP contribution is 2.19. The summed E-state index contributed by atoms with van der Waals surface area (Å²) in [5.41, 5.74) is -2.40. The van der Waals surface area contributed by atoms with E-state index in [1.54, 1.807) is 0 Å². The van der Waals surface area contributed by atoms with Crippen LogP contribution in [-0.4, -0.2) is 27.2 Å². The van der Waals surface area contributed by atoms with E-state index in [1.807, 2.05) is 0 Å². The molecule has 0 aromatic carbocycles. The van der Waals surface area contributed by atoms with Crippen LogP contribution in [0.25, 0.3) is 0 Å². The van der Waals surface area contributed by atoms with E-state index in [2.05, 4.69) is 0 Å². The second kappa shape index (κ2) is 4.13. The second-order valence-electron chi connectivity index (χ2n) is 2.59. The van der Waals surface area contributed by atoms with E-state index in [0.29, 0.717) is 0 Å². The molecule has 0 amide bonds. The number of hydrogen-bond donors (Lipinski definition) is 0. The molecule has 0 radical (unpaired) electrons. The fourth-order valence-corrected chi connectivity index (χ4v) is 0.926. The normalized spacial score (nSPS) is 13.4. The van der Waals surface area contributed by atoms with Crippen molar-refractivity contribution in [2.24, 2.45) is 0 Å². The van der Waals surface area contributed by atoms with Gasteiger partial charge in [-0.15, -0.1) is 11.6 Å². The maximum atomic E-state index is 10.3. The molecule has 1 unspecified atom stereocenters. The number of halogens is 1. The average molecular weight is 211 g/mol. The topological polar surface area (TPSA) is 103 Å². The molecule has 0 fully saturated rings. The molecule has 0 rings (SSSR count). The highest BCUT2D eigenvalue weighted by molar-refractivity contribution is 6.27. The number of rotatable bonds is 5. The SMILES string of the molecule is CC(CC(Cl)C=O)([N+](=O)[O-])[N+](=O)[O-]. The van der Waals surface area contributed by atoms with E-state index in [-0.39, 0.29) is 6.29 Å². The molecule has 0 heterocycles. The molecular weight excluding hydrogens is 204 g/mol. The van der Waals surface area contributed by atoms with Crippen molar-refractivity contribution in [2.45, 2.75) is 24.4 Å². The molecule has 0 N–H and O–H groups in total. The molecule has 13 heavy (non-hydrogen) atoms. The van der Waals surface area contributed by atoms with Crippen LogP contribution in [0, 0.1) is 20.2 Å². The Balaban J connectivity index is 4.71. The van der Waals surface area contributed by atoms with Crippen LogP contribution in [0.4, 0.5) is 0 Å². The first kappa shape index (κ1) is 11.8. The molecule has 0 aromatic rings. The standard InChI is InChI=1S/C5H7ClN2O5/c1-5(7(10)11,8(12)13)2-4(6)3-9/h3-4H,2H2,1H3. The number of alkyl halides is 1. The highest BCUT2D eigenvalue weighted by Gasteiger charge is 2.51. The van der Waals surface area contributed by atoms with Crippen molar-refractivity contribution in [3.8, 4) is 0 Å². The molecule has 0 aliphatic carbocycles. The van der Waals surface area contributed by atoms with Gasteiger partial charge in [-0.3, -0.25) is 20.2 Å². The summed E-state index contributed by atoms with van der Waals surface area (Å²) in [6.07, 6.45) is -0.398. The van der Waals surface area contributed by atoms with Gasteiger partial charge in [0.2, 0.25) is 0 Å². The zero-order valence-corrected chi connectivity index (χ0v) is 7.43. The van der Waals surface area contributed by atoms with E-state index < -0.39 is 27.3 Å². The lowest BCUT2D eigenvalue weighted by Gasteiger charge is -2.12. The van der Waals surface area contributed by atoms with Crippen molar-refractivity contribution in [2.75, 3.05) is 0 Å². The highest BCUT2D eigenvalue weighted by atomic mass is 35.5. The van der Waals surface area contributed by atoms with Crippen LogP contribution in [0.1, 0.15) is 13.3 Å². The third-order valence-corrected chi connectivity index (χ3v) is 1.77. The first-order valence-electron chi connectivity index (χ1n) is 3.23. The maximum absolute atomic E-state index is 10.3. The predicted molar refractivity (Wildman–Crippen MR) is 42.7 cm³/mol. The Morgan fingerprint density at radius 2 is 1.85 bits per heavy atom. The lowest BCUT2D eigenvalue weighted by molar-refractivity contribution is -0.792. The van der Waals surface area contributed by atoms with Crippen LogP contribution >= 0.6 is 11.6 Å². The van der Waals surface area contributed by atoms with Crippen LogP contribution in [0.3, 0.4) is 0 Å². The fraction of sp³-hybridized carbons (Fsp3) is 0.800. The van der Waals surface area contributed by atoms with E-state index in [0.717, 1.165) is 6.92 Å². The fourth-order valence-electron chi connectivity index (χ4n) is 0.633. The van der Waals surface area contributed by atoms with Gasteiger partial charge in [-0.05, 0) is 0 Å². The summed E-state index contributed by atoms with van der Waals surface area (Å²) in [4.78, 5) is 28.5. The molecule has 0 aromatic heterocycles. The number of carbonyl (C=O) groups excluding carboxylic acids is 1. The van der Waals surface area contributed by atoms with Gasteiger partial charge in [0.25, 0.3) is 0 Å². The molecule has 7 nitrogen and oxygen atoms in total. The average Bonchev–Trinajstić information content (AvgIpc) is 2.03. The molecule has 0 aliphatic heterocycles. The number of nitrogens with zero attached hydrogens (tertiary/aromatic N) is 2. The molecule has 1 atom stereocenters. The van der Waals surface area contributed by atoms with Crippen LogP contribution in [0.5, 0.6) is 0 Å². The Labute approximate surface area is 78.0 Å². The maximum Gasteiger partial charge on any atom is 0.457 e. The van der Waals surface area contributed by atoms with E-state index >= 15 is 0 Å². The van der Waals surface area contributed by atoms with E-state index in [1.165, 1.54) is 0 Å². The summed E-state index contributed by atoms with van der Waals surface area (Å²) < 4.78 is 0. The largest absolute Gasteiger partial charge is 0.457 e. The summed E-state index contributed by atoms with van der Waals surface area (Å²) in [6, 6.07) is 0. The summed E-state index contributed by atoms with van der Waals surface area (Å²) in [7, 11) is 0. The van der Waals surface area contributed by atoms with Crippen molar-refractivity contribution in [1.29, 1.82) is 0 Å². The zero-order chi connectivity index (χ0) is 10.6. The minimum atomic E-state index is -2.40. The monoisotopic (exact) mass is 210 g/mol. The molecule has 0 spiro atoms. The summed E-state index contributed by atoms with van der Waals surface area (Å²) in [5, 5.41) is 19.4. The van der Waals surface area contributed by atoms with Crippen molar-refractivity contribution < 1.29 is 14.6 Å². The first-order chi connectivity index (χ1) is 5.84. The molecule has 0 saturated carbocycles. The van der Waals surface area contributed by atoms with Crippen LogP contribution < -0.4 is 0 Å². The predicted octanol–water partition coefficient (Wildman–Crippen LogP) is 0.452. The van der Waals surface area contributed by atoms with Crippen LogP contribution in [-0.2, 0) is 4.79 Å². The Bertz CT molecular complexity index is 229. The van der Waals surface area contributed by atoms with Gasteiger partial charge in [0.1, 0.15) is 18.1 Å². The third kappa shape index (κ3) is 2.62. The second-order valence-corrected chi connectivity index (χ2v) is 3.15. The van der Waals surface area contributed by atoms with Crippen LogP contribution in [0.15, 0.2) is 0 Å². The molecule has 8 heteroatoms. The Kier molecular flexibility index (Phi) is 3.73. The zero-order valence-electron chi connectivity index (χ0n) is 6.68. The number of hydrogen-bond acceptors (Lipinski definition) is 5. The van der Waals surface area contributed by atoms with Gasteiger partial charge < -0.3 is 4.79 Å². The number of nitro groups is 2. The van der Waals surface area contributed by atoms with Crippen molar-refractivity contribution in [1.82, 2.24) is 0 Å². The molecule has 74 valence electrons. The van der Waals surface area contributed by atoms with Gasteiger partial charge in [0, 0.05) is 0 Å². The molecule has 0 bridgehead atoms. The Morgan fingerprint density at radius 3 is 2.08 bits per heavy atom. The smallest absolute Gasteiger partial charge is 0.302 e. The van der Waals surface area contributed by atoms with Crippen molar-refractivity contribution in [3.63, 3.8) is 0 Å². The minimum absolute atomic E-state index is 0.229. The first-order valence-corrected chi connectivity index (χ1v) is 3.66. The Morgan fingerprint density at radius 1 is 1.46 bits per heavy atom. The van der Waals surface area contributed by atoms with E-state index in [9.17, 15) is 25.0 Å². The summed E-state index contributed by atoms with van der Waals surface area (Å²) in [6.45, 7) is 0.811. The molecule has 0 aliphatic rings. The minimum Gasteiger partial charge on any atom is -0.302 e. The van der Waals surface area contributed by atoms with Gasteiger partial charge >= 0.3 is 5.66 Å². The van der Waals surface area contributed by atoms with Crippen molar-refractivity contribution in [3.05, 3.63) is 20.2 Å². The van der Waals surface area contributed by atoms with Gasteiger partial charge in [-0.1, -0.05) is 0 Å². The Hall–Kier alpha value is -1.24. The molecule has 0 saturated heterocycles. The van der Waals surface area contributed by atoms with Gasteiger partial charge in [0.05, 0.1) is 16.8 Å². The van der Waals surface area contributed by atoms with Crippen LogP contribution in [0.2, 0.25) is 0 Å². The quantitative estimate of drug-likeness (QED) is 0.215. The summed E-state index contributed by atoms with van der Waals surface area (Å²) >= 11 is 5.26. The summed E-state index contributed by atoms with van der Waals surface area (Å²) in [5.74, 6) is 0.